The Morgan fingerprint density at radius 1 is 1.52 bits per heavy atom. The van der Waals surface area contributed by atoms with Crippen molar-refractivity contribution in [3.8, 4) is 0 Å². The van der Waals surface area contributed by atoms with Gasteiger partial charge in [0.1, 0.15) is 16.2 Å². The smallest absolute Gasteiger partial charge is 0.185 e. The van der Waals surface area contributed by atoms with Gasteiger partial charge < -0.3 is 15.6 Å². The summed E-state index contributed by atoms with van der Waals surface area (Å²) in [5.74, 6) is 0.782. The summed E-state index contributed by atoms with van der Waals surface area (Å²) in [7, 11) is -1.61. The van der Waals surface area contributed by atoms with Crippen LogP contribution in [0, 0.1) is 0 Å². The first kappa shape index (κ1) is 15.7. The molecular weight excluding hydrogens is 312 g/mol. The van der Waals surface area contributed by atoms with E-state index in [2.05, 4.69) is 19.9 Å². The second kappa shape index (κ2) is 5.98. The first-order chi connectivity index (χ1) is 9.86. The van der Waals surface area contributed by atoms with Crippen molar-refractivity contribution < 1.29 is 8.42 Å². The molecular formula is C11H18N6O2S2. The first-order valence-corrected chi connectivity index (χ1v) is 8.87. The lowest BCUT2D eigenvalue weighted by molar-refractivity contribution is 0.595. The zero-order chi connectivity index (χ0) is 15.6. The van der Waals surface area contributed by atoms with E-state index in [9.17, 15) is 8.42 Å². The van der Waals surface area contributed by atoms with E-state index in [1.807, 2.05) is 20.9 Å². The minimum Gasteiger partial charge on any atom is -0.382 e. The van der Waals surface area contributed by atoms with Gasteiger partial charge in [0.2, 0.25) is 0 Å². The van der Waals surface area contributed by atoms with E-state index in [-0.39, 0.29) is 22.5 Å². The fourth-order valence-corrected chi connectivity index (χ4v) is 4.70. The van der Waals surface area contributed by atoms with Gasteiger partial charge in [-0.25, -0.2) is 8.42 Å². The molecule has 0 aliphatic heterocycles. The number of rotatable bonds is 6. The average molecular weight is 330 g/mol. The lowest BCUT2D eigenvalue weighted by atomic mass is 10.3. The van der Waals surface area contributed by atoms with Crippen LogP contribution >= 0.6 is 11.5 Å². The second-order valence-corrected chi connectivity index (χ2v) is 7.53. The largest absolute Gasteiger partial charge is 0.382 e. The number of nitrogens with one attached hydrogen (secondary N) is 1. The molecule has 3 N–H and O–H groups in total. The number of aromatic nitrogens is 4. The summed E-state index contributed by atoms with van der Waals surface area (Å²) in [4.78, 5) is 0.0865. The van der Waals surface area contributed by atoms with Crippen LogP contribution in [0.25, 0.3) is 0 Å². The van der Waals surface area contributed by atoms with Gasteiger partial charge in [0.15, 0.2) is 21.5 Å². The van der Waals surface area contributed by atoms with Crippen LogP contribution in [0.4, 0.5) is 10.8 Å². The Morgan fingerprint density at radius 3 is 2.81 bits per heavy atom. The van der Waals surface area contributed by atoms with Crippen molar-refractivity contribution in [2.24, 2.45) is 7.05 Å². The highest BCUT2D eigenvalue weighted by Gasteiger charge is 2.26. The highest BCUT2D eigenvalue weighted by molar-refractivity contribution is 7.91. The molecule has 0 saturated carbocycles. The summed E-state index contributed by atoms with van der Waals surface area (Å²) in [5, 5.41) is 11.4. The molecule has 0 saturated heterocycles. The van der Waals surface area contributed by atoms with Gasteiger partial charge in [0.05, 0.1) is 11.8 Å². The zero-order valence-electron chi connectivity index (χ0n) is 12.1. The molecule has 116 valence electrons. The van der Waals surface area contributed by atoms with E-state index in [1.165, 1.54) is 0 Å². The Labute approximate surface area is 127 Å². The van der Waals surface area contributed by atoms with Crippen LogP contribution in [0.1, 0.15) is 32.1 Å². The first-order valence-electron chi connectivity index (χ1n) is 6.45. The van der Waals surface area contributed by atoms with Crippen LogP contribution in [0.2, 0.25) is 0 Å². The van der Waals surface area contributed by atoms with Crippen LogP contribution in [-0.2, 0) is 16.9 Å². The highest BCUT2D eigenvalue weighted by atomic mass is 32.2. The highest BCUT2D eigenvalue weighted by Crippen LogP contribution is 2.34. The van der Waals surface area contributed by atoms with Crippen molar-refractivity contribution in [3.63, 3.8) is 0 Å². The predicted octanol–water partition coefficient (Wildman–Crippen LogP) is 1.21. The number of hydrogen-bond donors (Lipinski definition) is 2. The normalized spacial score (nSPS) is 13.3. The SMILES string of the molecule is CCCS(=O)(=O)c1c(N)nsc1NC(C)c1nncn1C. The van der Waals surface area contributed by atoms with E-state index in [1.54, 1.807) is 10.9 Å². The average Bonchev–Trinajstić information content (AvgIpc) is 2.96. The standard InChI is InChI=1S/C11H18N6O2S2/c1-4-5-21(18,19)8-9(12)16-20-11(8)14-7(2)10-15-13-6-17(10)3/h6-7,14H,4-5H2,1-3H3,(H2,12,16). The Balaban J connectivity index is 2.32. The lowest BCUT2D eigenvalue weighted by Gasteiger charge is -2.14. The molecule has 10 heteroatoms. The summed E-state index contributed by atoms with van der Waals surface area (Å²) in [6, 6.07) is -0.215. The van der Waals surface area contributed by atoms with Crippen LogP contribution < -0.4 is 11.1 Å². The van der Waals surface area contributed by atoms with Gasteiger partial charge in [0, 0.05) is 7.05 Å². The van der Waals surface area contributed by atoms with Crippen LogP contribution in [-0.4, -0.2) is 33.3 Å². The summed E-state index contributed by atoms with van der Waals surface area (Å²) in [6.45, 7) is 3.68. The van der Waals surface area contributed by atoms with E-state index >= 15 is 0 Å². The van der Waals surface area contributed by atoms with Crippen molar-refractivity contribution in [2.75, 3.05) is 16.8 Å². The maximum absolute atomic E-state index is 12.3. The van der Waals surface area contributed by atoms with Gasteiger partial charge in [-0.3, -0.25) is 0 Å². The Kier molecular flexibility index (Phi) is 4.47. The van der Waals surface area contributed by atoms with E-state index in [4.69, 9.17) is 5.73 Å². The van der Waals surface area contributed by atoms with E-state index < -0.39 is 9.84 Å². The van der Waals surface area contributed by atoms with Crippen LogP contribution in [0.3, 0.4) is 0 Å². The number of anilines is 2. The molecule has 2 heterocycles. The minimum atomic E-state index is -3.44. The summed E-state index contributed by atoms with van der Waals surface area (Å²) in [5.41, 5.74) is 5.73. The third-order valence-electron chi connectivity index (χ3n) is 2.94. The quantitative estimate of drug-likeness (QED) is 0.817. The number of nitrogens with two attached hydrogens (primary N) is 1. The maximum Gasteiger partial charge on any atom is 0.185 e. The second-order valence-electron chi connectivity index (χ2n) is 4.71. The lowest BCUT2D eigenvalue weighted by Crippen LogP contribution is -2.14. The molecule has 2 aromatic heterocycles. The van der Waals surface area contributed by atoms with Crippen LogP contribution in [0.15, 0.2) is 11.2 Å². The third-order valence-corrected chi connectivity index (χ3v) is 5.84. The van der Waals surface area contributed by atoms with Crippen molar-refractivity contribution in [1.29, 1.82) is 0 Å². The van der Waals surface area contributed by atoms with Gasteiger partial charge in [-0.05, 0) is 24.9 Å². The molecule has 0 bridgehead atoms. The molecule has 0 radical (unpaired) electrons. The van der Waals surface area contributed by atoms with Crippen LogP contribution in [0.5, 0.6) is 0 Å². The topological polar surface area (TPSA) is 116 Å². The number of hydrogen-bond acceptors (Lipinski definition) is 8. The fraction of sp³-hybridized carbons (Fsp3) is 0.545. The number of aryl methyl sites for hydroxylation is 1. The van der Waals surface area contributed by atoms with Gasteiger partial charge in [0.25, 0.3) is 0 Å². The van der Waals surface area contributed by atoms with Crippen molar-refractivity contribution in [1.82, 2.24) is 19.1 Å². The van der Waals surface area contributed by atoms with E-state index in [0.717, 1.165) is 11.5 Å². The summed E-state index contributed by atoms with van der Waals surface area (Å²) in [6.07, 6.45) is 2.11. The molecule has 0 spiro atoms. The molecule has 1 atom stereocenters. The molecule has 2 aromatic rings. The van der Waals surface area contributed by atoms with Gasteiger partial charge in [-0.15, -0.1) is 10.2 Å². The number of nitrogen functional groups attached to an aromatic ring is 1. The molecule has 2 rings (SSSR count). The maximum atomic E-state index is 12.3. The minimum absolute atomic E-state index is 0.0427. The Bertz CT molecular complexity index is 721. The molecule has 8 nitrogen and oxygen atoms in total. The molecule has 21 heavy (non-hydrogen) atoms. The molecule has 0 aromatic carbocycles. The Morgan fingerprint density at radius 2 is 2.24 bits per heavy atom. The zero-order valence-corrected chi connectivity index (χ0v) is 13.7. The van der Waals surface area contributed by atoms with Crippen molar-refractivity contribution in [3.05, 3.63) is 12.2 Å². The number of sulfone groups is 1. The predicted molar refractivity (Wildman–Crippen MR) is 81.9 cm³/mol. The van der Waals surface area contributed by atoms with Crippen molar-refractivity contribution in [2.45, 2.75) is 31.2 Å². The van der Waals surface area contributed by atoms with Gasteiger partial charge in [-0.1, -0.05) is 6.92 Å². The summed E-state index contributed by atoms with van der Waals surface area (Å²) >= 11 is 1.04. The fourth-order valence-electron chi connectivity index (χ4n) is 2.00. The molecule has 0 aliphatic rings. The van der Waals surface area contributed by atoms with Crippen molar-refractivity contribution >= 4 is 32.2 Å². The molecule has 1 unspecified atom stereocenters. The third kappa shape index (κ3) is 3.16. The molecule has 0 fully saturated rings. The Hall–Kier alpha value is -1.68. The molecule has 0 amide bonds. The monoisotopic (exact) mass is 330 g/mol. The number of nitrogens with zero attached hydrogens (tertiary/aromatic N) is 4. The van der Waals surface area contributed by atoms with Gasteiger partial charge >= 0.3 is 0 Å². The van der Waals surface area contributed by atoms with Gasteiger partial charge in [-0.2, -0.15) is 4.37 Å². The van der Waals surface area contributed by atoms with E-state index in [0.29, 0.717) is 17.2 Å². The molecule has 0 aliphatic carbocycles. The summed E-state index contributed by atoms with van der Waals surface area (Å²) < 4.78 is 30.3.